The molecule has 0 fully saturated rings. The topological polar surface area (TPSA) is 79.4 Å². The molecule has 0 aliphatic rings. The summed E-state index contributed by atoms with van der Waals surface area (Å²) >= 11 is 5.34. The number of nitriles is 1. The van der Waals surface area contributed by atoms with Gasteiger partial charge in [0.25, 0.3) is 0 Å². The monoisotopic (exact) mass is 844 g/mol. The smallest absolute Gasteiger partial charge is 0.183 e. The van der Waals surface area contributed by atoms with Gasteiger partial charge in [0, 0.05) is 15.1 Å². The first-order valence-electron chi connectivity index (χ1n) is 19.3. The number of nitrogens with zero attached hydrogens (tertiary/aromatic N) is 5. The highest BCUT2D eigenvalue weighted by Crippen LogP contribution is 2.45. The van der Waals surface area contributed by atoms with Gasteiger partial charge in [-0.3, -0.25) is 0 Å². The van der Waals surface area contributed by atoms with Gasteiger partial charge in [-0.15, -0.1) is 16.9 Å². The molecule has 0 aliphatic carbocycles. The zero-order valence-corrected chi connectivity index (χ0v) is 34.3. The van der Waals surface area contributed by atoms with Crippen molar-refractivity contribution in [1.82, 2.24) is 20.0 Å². The van der Waals surface area contributed by atoms with Gasteiger partial charge in [-0.2, -0.15) is 5.26 Å². The van der Waals surface area contributed by atoms with E-state index in [9.17, 15) is 5.26 Å². The average molecular weight is 846 g/mol. The molecular weight excluding hydrogens is 809 g/mol. The van der Waals surface area contributed by atoms with E-state index in [0.29, 0.717) is 28.3 Å². The van der Waals surface area contributed by atoms with Crippen molar-refractivity contribution < 1.29 is 0 Å². The van der Waals surface area contributed by atoms with Gasteiger partial charge in [-0.1, -0.05) is 209 Å². The van der Waals surface area contributed by atoms with Gasteiger partial charge in [0.15, 0.2) is 5.65 Å². The maximum absolute atomic E-state index is 10.1. The van der Waals surface area contributed by atoms with Crippen molar-refractivity contribution in [3.63, 3.8) is 0 Å². The molecule has 0 unspecified atom stereocenters. The lowest BCUT2D eigenvalue weighted by atomic mass is 9.77. The molecule has 59 heavy (non-hydrogen) atoms. The van der Waals surface area contributed by atoms with Crippen LogP contribution in [0.2, 0.25) is 0 Å². The van der Waals surface area contributed by atoms with Gasteiger partial charge in [-0.25, -0.2) is 9.67 Å². The molecule has 7 aromatic carbocycles. The van der Waals surface area contributed by atoms with E-state index in [2.05, 4.69) is 179 Å². The summed E-state index contributed by atoms with van der Waals surface area (Å²) in [5.74, 6) is 1.15. The van der Waals surface area contributed by atoms with E-state index in [1.807, 2.05) is 59.3 Å². The SMILES string of the molecule is N#Cc1cccc(Br)c1CSc1cc(NC(c2ccccc2)(c2ccccc2)c2ccccc2)nc2c1nnn2C(c1ccccc1)(c1ccccc1)c1ccccc1. The second kappa shape index (κ2) is 16.6. The van der Waals surface area contributed by atoms with Crippen molar-refractivity contribution in [2.24, 2.45) is 0 Å². The first-order valence-corrected chi connectivity index (χ1v) is 21.1. The molecule has 2 aromatic heterocycles. The highest BCUT2D eigenvalue weighted by Gasteiger charge is 2.42. The van der Waals surface area contributed by atoms with E-state index in [4.69, 9.17) is 15.3 Å². The maximum Gasteiger partial charge on any atom is 0.183 e. The highest BCUT2D eigenvalue weighted by molar-refractivity contribution is 9.10. The van der Waals surface area contributed by atoms with E-state index >= 15 is 0 Å². The minimum Gasteiger partial charge on any atom is -0.353 e. The van der Waals surface area contributed by atoms with Crippen LogP contribution < -0.4 is 5.32 Å². The van der Waals surface area contributed by atoms with Crippen molar-refractivity contribution >= 4 is 44.7 Å². The molecule has 6 nitrogen and oxygen atoms in total. The maximum atomic E-state index is 10.1. The molecule has 284 valence electrons. The molecule has 0 atom stereocenters. The Morgan fingerprint density at radius 3 is 1.46 bits per heavy atom. The normalized spacial score (nSPS) is 11.6. The number of thioether (sulfide) groups is 1. The zero-order chi connectivity index (χ0) is 40.1. The van der Waals surface area contributed by atoms with Crippen LogP contribution in [-0.2, 0) is 16.8 Å². The van der Waals surface area contributed by atoms with Crippen molar-refractivity contribution in [2.45, 2.75) is 21.7 Å². The standard InChI is InChI=1S/C51H37BrN6S/c52-45-33-19-20-37(35-53)44(45)36-59-46-34-47(55-50(38-21-7-1-8-22-38,39-23-9-2-10-24-39)40-25-11-3-12-26-40)54-49-48(46)56-57-58(49)51(41-27-13-4-14-28-41,42-29-15-5-16-30-42)43-31-17-6-18-32-43/h1-34H,36H2,(H,54,55). The number of anilines is 1. The minimum atomic E-state index is -0.960. The quantitative estimate of drug-likeness (QED) is 0.0975. The molecular formula is C51H37BrN6S. The van der Waals surface area contributed by atoms with Crippen LogP contribution in [0.1, 0.15) is 44.5 Å². The van der Waals surface area contributed by atoms with E-state index < -0.39 is 11.1 Å². The zero-order valence-electron chi connectivity index (χ0n) is 31.9. The molecule has 1 N–H and O–H groups in total. The van der Waals surface area contributed by atoms with Gasteiger partial charge in [0.2, 0.25) is 0 Å². The Morgan fingerprint density at radius 1 is 0.576 bits per heavy atom. The molecule has 0 radical (unpaired) electrons. The first kappa shape index (κ1) is 37.8. The van der Waals surface area contributed by atoms with E-state index in [-0.39, 0.29) is 0 Å². The summed E-state index contributed by atoms with van der Waals surface area (Å²) in [5, 5.41) is 24.2. The summed E-state index contributed by atoms with van der Waals surface area (Å²) < 4.78 is 2.87. The van der Waals surface area contributed by atoms with Crippen LogP contribution >= 0.6 is 27.7 Å². The molecule has 9 aromatic rings. The van der Waals surface area contributed by atoms with Crippen LogP contribution in [0.5, 0.6) is 0 Å². The largest absolute Gasteiger partial charge is 0.353 e. The fourth-order valence-corrected chi connectivity index (χ4v) is 9.88. The lowest BCUT2D eigenvalue weighted by molar-refractivity contribution is 0.457. The van der Waals surface area contributed by atoms with Crippen LogP contribution in [-0.4, -0.2) is 20.0 Å². The molecule has 0 saturated carbocycles. The highest BCUT2D eigenvalue weighted by atomic mass is 79.9. The van der Waals surface area contributed by atoms with Crippen LogP contribution in [0.15, 0.2) is 216 Å². The first-order chi connectivity index (χ1) is 29.1. The predicted molar refractivity (Wildman–Crippen MR) is 241 cm³/mol. The Hall–Kier alpha value is -6.79. The number of rotatable bonds is 12. The number of aromatic nitrogens is 4. The Bertz CT molecular complexity index is 2670. The second-order valence-electron chi connectivity index (χ2n) is 14.1. The number of pyridine rings is 1. The Labute approximate surface area is 356 Å². The van der Waals surface area contributed by atoms with Crippen molar-refractivity contribution in [1.29, 1.82) is 5.26 Å². The summed E-state index contributed by atoms with van der Waals surface area (Å²) in [7, 11) is 0. The van der Waals surface area contributed by atoms with E-state index in [1.54, 1.807) is 11.8 Å². The van der Waals surface area contributed by atoms with Gasteiger partial charge >= 0.3 is 0 Å². The molecule has 0 saturated heterocycles. The lowest BCUT2D eigenvalue weighted by Crippen LogP contribution is -2.39. The van der Waals surface area contributed by atoms with Crippen LogP contribution in [0.4, 0.5) is 5.82 Å². The molecule has 8 heteroatoms. The van der Waals surface area contributed by atoms with Crippen LogP contribution in [0.25, 0.3) is 11.2 Å². The van der Waals surface area contributed by atoms with Crippen molar-refractivity contribution in [3.8, 4) is 6.07 Å². The number of hydrogen-bond donors (Lipinski definition) is 1. The number of benzene rings is 7. The van der Waals surface area contributed by atoms with Gasteiger partial charge < -0.3 is 5.32 Å². The fourth-order valence-electron chi connectivity index (χ4n) is 8.11. The van der Waals surface area contributed by atoms with Crippen molar-refractivity contribution in [2.75, 3.05) is 5.32 Å². The van der Waals surface area contributed by atoms with Crippen LogP contribution in [0.3, 0.4) is 0 Å². The molecule has 9 rings (SSSR count). The number of nitrogens with one attached hydrogen (secondary N) is 1. The number of halogens is 1. The average Bonchev–Trinajstić information content (AvgIpc) is 3.74. The van der Waals surface area contributed by atoms with Crippen molar-refractivity contribution in [3.05, 3.63) is 255 Å². The molecule has 0 amide bonds. The second-order valence-corrected chi connectivity index (χ2v) is 16.0. The third-order valence-electron chi connectivity index (χ3n) is 10.8. The summed E-state index contributed by atoms with van der Waals surface area (Å²) in [5.41, 5.74) is 7.17. The lowest BCUT2D eigenvalue weighted by Gasteiger charge is -2.38. The summed E-state index contributed by atoms with van der Waals surface area (Å²) in [4.78, 5) is 6.43. The van der Waals surface area contributed by atoms with Gasteiger partial charge in [0.1, 0.15) is 22.4 Å². The third-order valence-corrected chi connectivity index (χ3v) is 12.6. The predicted octanol–water partition coefficient (Wildman–Crippen LogP) is 12.0. The Morgan fingerprint density at radius 2 is 1.02 bits per heavy atom. The number of fused-ring (bicyclic) bond motifs is 1. The van der Waals surface area contributed by atoms with E-state index in [0.717, 1.165) is 48.3 Å². The van der Waals surface area contributed by atoms with Crippen LogP contribution in [0, 0.1) is 11.3 Å². The summed E-state index contributed by atoms with van der Waals surface area (Å²) in [6.07, 6.45) is 0. The van der Waals surface area contributed by atoms with E-state index in [1.165, 1.54) is 0 Å². The molecule has 2 heterocycles. The Kier molecular flexibility index (Phi) is 10.6. The summed E-state index contributed by atoms with van der Waals surface area (Å²) in [6.45, 7) is 0. The number of hydrogen-bond acceptors (Lipinski definition) is 6. The summed E-state index contributed by atoms with van der Waals surface area (Å²) in [6, 6.07) is 73.1. The third kappa shape index (κ3) is 6.88. The Balaban J connectivity index is 1.35. The van der Waals surface area contributed by atoms with Gasteiger partial charge in [-0.05, 0) is 57.1 Å². The molecule has 0 bridgehead atoms. The molecule has 0 spiro atoms. The molecule has 0 aliphatic heterocycles. The minimum absolute atomic E-state index is 0.512. The fraction of sp³-hybridized carbons (Fsp3) is 0.0588. The van der Waals surface area contributed by atoms with Gasteiger partial charge in [0.05, 0.1) is 11.6 Å².